The van der Waals surface area contributed by atoms with Gasteiger partial charge in [-0.1, -0.05) is 12.8 Å². The maximum atomic E-state index is 12.7. The van der Waals surface area contributed by atoms with Gasteiger partial charge in [0.05, 0.1) is 19.3 Å². The second-order valence-electron chi connectivity index (χ2n) is 6.48. The van der Waals surface area contributed by atoms with Gasteiger partial charge in [0.1, 0.15) is 17.6 Å². The Morgan fingerprint density at radius 3 is 2.64 bits per heavy atom. The summed E-state index contributed by atoms with van der Waals surface area (Å²) in [6, 6.07) is 6.98. The molecular weight excluding hydrogens is 322 g/mol. The van der Waals surface area contributed by atoms with Crippen molar-refractivity contribution in [1.82, 2.24) is 15.2 Å². The molecule has 2 heterocycles. The first-order chi connectivity index (χ1) is 12.1. The minimum absolute atomic E-state index is 0.117. The van der Waals surface area contributed by atoms with Gasteiger partial charge in [0.15, 0.2) is 0 Å². The normalized spacial score (nSPS) is 18.8. The summed E-state index contributed by atoms with van der Waals surface area (Å²) in [5, 5.41) is 2.87. The number of hydrogen-bond acceptors (Lipinski definition) is 5. The van der Waals surface area contributed by atoms with Gasteiger partial charge in [0.25, 0.3) is 5.91 Å². The first-order valence-electron chi connectivity index (χ1n) is 8.34. The number of amides is 3. The van der Waals surface area contributed by atoms with Crippen LogP contribution in [-0.2, 0) is 11.3 Å². The molecule has 4 rings (SSSR count). The molecule has 0 radical (unpaired) electrons. The second kappa shape index (κ2) is 5.91. The van der Waals surface area contributed by atoms with E-state index in [0.29, 0.717) is 24.4 Å². The van der Waals surface area contributed by atoms with Crippen molar-refractivity contribution in [2.75, 3.05) is 7.11 Å². The molecule has 25 heavy (non-hydrogen) atoms. The fraction of sp³-hybridized carbons (Fsp3) is 0.389. The second-order valence-corrected chi connectivity index (χ2v) is 6.48. The van der Waals surface area contributed by atoms with Crippen LogP contribution in [-0.4, -0.2) is 34.5 Å². The number of urea groups is 1. The fourth-order valence-corrected chi connectivity index (χ4v) is 3.55. The van der Waals surface area contributed by atoms with Gasteiger partial charge in [-0.15, -0.1) is 0 Å². The molecule has 7 heteroatoms. The molecule has 2 aliphatic rings. The summed E-state index contributed by atoms with van der Waals surface area (Å²) in [5.41, 5.74) is 0.653. The van der Waals surface area contributed by atoms with Crippen LogP contribution in [0.2, 0.25) is 0 Å². The summed E-state index contributed by atoms with van der Waals surface area (Å²) < 4.78 is 10.6. The minimum atomic E-state index is -0.695. The first-order valence-corrected chi connectivity index (χ1v) is 8.34. The van der Waals surface area contributed by atoms with E-state index in [2.05, 4.69) is 10.3 Å². The number of rotatable bonds is 4. The monoisotopic (exact) mass is 341 g/mol. The molecule has 1 aromatic carbocycles. The van der Waals surface area contributed by atoms with E-state index in [4.69, 9.17) is 9.15 Å². The van der Waals surface area contributed by atoms with Crippen molar-refractivity contribution in [2.24, 2.45) is 0 Å². The van der Waals surface area contributed by atoms with Crippen LogP contribution >= 0.6 is 0 Å². The van der Waals surface area contributed by atoms with Crippen molar-refractivity contribution in [3.63, 3.8) is 0 Å². The molecule has 7 nitrogen and oxygen atoms in total. The fourth-order valence-electron chi connectivity index (χ4n) is 3.55. The van der Waals surface area contributed by atoms with Crippen molar-refractivity contribution in [1.29, 1.82) is 0 Å². The lowest BCUT2D eigenvalue weighted by Gasteiger charge is -2.19. The van der Waals surface area contributed by atoms with Gasteiger partial charge in [0.2, 0.25) is 5.89 Å². The van der Waals surface area contributed by atoms with Gasteiger partial charge in [0, 0.05) is 5.56 Å². The zero-order valence-electron chi connectivity index (χ0n) is 13.9. The van der Waals surface area contributed by atoms with Crippen LogP contribution in [0.3, 0.4) is 0 Å². The van der Waals surface area contributed by atoms with Crippen molar-refractivity contribution < 1.29 is 18.7 Å². The number of carbonyl (C=O) groups is 2. The number of nitrogens with one attached hydrogen (secondary N) is 1. The molecule has 0 atom stereocenters. The summed E-state index contributed by atoms with van der Waals surface area (Å²) in [5.74, 6) is 1.04. The Bertz CT molecular complexity index is 806. The Morgan fingerprint density at radius 2 is 1.96 bits per heavy atom. The average Bonchev–Trinajstić information content (AvgIpc) is 3.33. The van der Waals surface area contributed by atoms with Gasteiger partial charge in [-0.2, -0.15) is 0 Å². The van der Waals surface area contributed by atoms with Gasteiger partial charge in [-0.3, -0.25) is 9.69 Å². The smallest absolute Gasteiger partial charge is 0.325 e. The number of hydrogen-bond donors (Lipinski definition) is 1. The van der Waals surface area contributed by atoms with Crippen molar-refractivity contribution in [2.45, 2.75) is 37.8 Å². The van der Waals surface area contributed by atoms with Crippen LogP contribution in [0, 0.1) is 0 Å². The van der Waals surface area contributed by atoms with Gasteiger partial charge < -0.3 is 14.5 Å². The molecule has 1 aliphatic carbocycles. The van der Waals surface area contributed by atoms with Crippen LogP contribution in [0.25, 0.3) is 11.5 Å². The summed E-state index contributed by atoms with van der Waals surface area (Å²) in [7, 11) is 1.60. The summed E-state index contributed by atoms with van der Waals surface area (Å²) in [6.07, 6.45) is 4.84. The van der Waals surface area contributed by atoms with E-state index in [0.717, 1.165) is 24.2 Å². The van der Waals surface area contributed by atoms with Crippen LogP contribution in [0.1, 0.15) is 31.4 Å². The van der Waals surface area contributed by atoms with Crippen molar-refractivity contribution in [3.8, 4) is 17.2 Å². The van der Waals surface area contributed by atoms with Crippen LogP contribution in [0.5, 0.6) is 5.75 Å². The predicted molar refractivity (Wildman–Crippen MR) is 88.8 cm³/mol. The molecule has 1 aromatic heterocycles. The third-order valence-electron chi connectivity index (χ3n) is 4.91. The van der Waals surface area contributed by atoms with Gasteiger partial charge >= 0.3 is 6.03 Å². The van der Waals surface area contributed by atoms with Crippen LogP contribution in [0.15, 0.2) is 34.9 Å². The molecule has 3 amide bonds. The number of benzene rings is 1. The van der Waals surface area contributed by atoms with Crippen molar-refractivity contribution >= 4 is 11.9 Å². The molecular formula is C18H19N3O4. The first kappa shape index (κ1) is 15.7. The third-order valence-corrected chi connectivity index (χ3v) is 4.91. The summed E-state index contributed by atoms with van der Waals surface area (Å²) in [6.45, 7) is 0.117. The molecule has 130 valence electrons. The number of nitrogens with zero attached hydrogens (tertiary/aromatic N) is 2. The van der Waals surface area contributed by atoms with Gasteiger partial charge in [-0.05, 0) is 37.1 Å². The quantitative estimate of drug-likeness (QED) is 0.864. The standard InChI is InChI=1S/C18H19N3O4/c1-24-14-6-4-12(5-7-14)15-19-13(11-25-15)10-21-16(22)18(20-17(21)23)8-2-3-9-18/h4-7,11H,2-3,8-10H2,1H3,(H,20,23). The van der Waals surface area contributed by atoms with E-state index in [1.165, 1.54) is 11.2 Å². The molecule has 1 saturated carbocycles. The Morgan fingerprint density at radius 1 is 1.24 bits per heavy atom. The highest BCUT2D eigenvalue weighted by Gasteiger charge is 2.52. The van der Waals surface area contributed by atoms with Crippen LogP contribution in [0.4, 0.5) is 4.79 Å². The zero-order chi connectivity index (χ0) is 17.4. The molecule has 2 fully saturated rings. The molecule has 1 aliphatic heterocycles. The molecule has 1 spiro atoms. The topological polar surface area (TPSA) is 84.7 Å². The molecule has 1 N–H and O–H groups in total. The Labute approximate surface area is 145 Å². The highest BCUT2D eigenvalue weighted by molar-refractivity contribution is 6.07. The number of aromatic nitrogens is 1. The number of methoxy groups -OCH3 is 1. The van der Waals surface area contributed by atoms with E-state index in [1.807, 2.05) is 24.3 Å². The minimum Gasteiger partial charge on any atom is -0.497 e. The van der Waals surface area contributed by atoms with E-state index in [9.17, 15) is 9.59 Å². The lowest BCUT2D eigenvalue weighted by molar-refractivity contribution is -0.131. The van der Waals surface area contributed by atoms with E-state index in [1.54, 1.807) is 7.11 Å². The largest absolute Gasteiger partial charge is 0.497 e. The molecule has 0 unspecified atom stereocenters. The zero-order valence-corrected chi connectivity index (χ0v) is 13.9. The highest BCUT2D eigenvalue weighted by Crippen LogP contribution is 2.35. The highest BCUT2D eigenvalue weighted by atomic mass is 16.5. The lowest BCUT2D eigenvalue weighted by atomic mass is 9.98. The Hall–Kier alpha value is -2.83. The maximum Gasteiger partial charge on any atom is 0.325 e. The Kier molecular flexibility index (Phi) is 3.71. The number of imide groups is 1. The Balaban J connectivity index is 1.51. The van der Waals surface area contributed by atoms with Gasteiger partial charge in [-0.25, -0.2) is 9.78 Å². The van der Waals surface area contributed by atoms with Crippen LogP contribution < -0.4 is 10.1 Å². The number of oxazole rings is 1. The maximum absolute atomic E-state index is 12.7. The summed E-state index contributed by atoms with van der Waals surface area (Å²) in [4.78, 5) is 30.5. The lowest BCUT2D eigenvalue weighted by Crippen LogP contribution is -2.44. The van der Waals surface area contributed by atoms with E-state index < -0.39 is 5.54 Å². The SMILES string of the molecule is COc1ccc(-c2nc(CN3C(=O)NC4(CCCC4)C3=O)co2)cc1. The van der Waals surface area contributed by atoms with E-state index in [-0.39, 0.29) is 18.5 Å². The predicted octanol–water partition coefficient (Wildman–Crippen LogP) is 2.71. The summed E-state index contributed by atoms with van der Waals surface area (Å²) >= 11 is 0. The number of carbonyl (C=O) groups excluding carboxylic acids is 2. The molecule has 0 bridgehead atoms. The average molecular weight is 341 g/mol. The third kappa shape index (κ3) is 2.65. The van der Waals surface area contributed by atoms with Crippen molar-refractivity contribution in [3.05, 3.63) is 36.2 Å². The number of ether oxygens (including phenoxy) is 1. The molecule has 2 aromatic rings. The van der Waals surface area contributed by atoms with E-state index >= 15 is 0 Å². The molecule has 1 saturated heterocycles.